The van der Waals surface area contributed by atoms with Gasteiger partial charge in [-0.1, -0.05) is 48.5 Å². The van der Waals surface area contributed by atoms with Crippen LogP contribution in [0.25, 0.3) is 5.69 Å². The highest BCUT2D eigenvalue weighted by atomic mass is 16.2. The lowest BCUT2D eigenvalue weighted by molar-refractivity contribution is -0.125. The monoisotopic (exact) mass is 427 g/mol. The Morgan fingerprint density at radius 3 is 2.28 bits per heavy atom. The molecule has 2 heterocycles. The first-order chi connectivity index (χ1) is 15.4. The molecular weight excluding hydrogens is 402 g/mol. The Kier molecular flexibility index (Phi) is 5.98. The predicted molar refractivity (Wildman–Crippen MR) is 122 cm³/mol. The summed E-state index contributed by atoms with van der Waals surface area (Å²) in [5, 5.41) is 8.85. The van der Waals surface area contributed by atoms with Crippen molar-refractivity contribution in [2.75, 3.05) is 7.05 Å². The molecule has 0 atom stereocenters. The van der Waals surface area contributed by atoms with Gasteiger partial charge < -0.3 is 4.90 Å². The van der Waals surface area contributed by atoms with Gasteiger partial charge in [-0.2, -0.15) is 10.2 Å². The molecule has 0 unspecified atom stereocenters. The fourth-order valence-corrected chi connectivity index (χ4v) is 3.76. The van der Waals surface area contributed by atoms with Crippen LogP contribution in [0.3, 0.4) is 0 Å². The van der Waals surface area contributed by atoms with Gasteiger partial charge in [0.05, 0.1) is 35.4 Å². The molecule has 4 rings (SSSR count). The minimum atomic E-state index is -0.570. The van der Waals surface area contributed by atoms with Gasteiger partial charge in [-0.05, 0) is 31.5 Å². The number of hydrogen-bond acceptors (Lipinski definition) is 4. The van der Waals surface area contributed by atoms with Crippen LogP contribution < -0.4 is 0 Å². The second kappa shape index (κ2) is 9.01. The molecule has 162 valence electrons. The summed E-state index contributed by atoms with van der Waals surface area (Å²) in [6.07, 6.45) is 3.62. The van der Waals surface area contributed by atoms with Crippen LogP contribution >= 0.6 is 0 Å². The summed E-state index contributed by atoms with van der Waals surface area (Å²) in [5.74, 6) is -1.12. The van der Waals surface area contributed by atoms with Crippen molar-refractivity contribution in [2.45, 2.75) is 26.9 Å². The fraction of sp³-hybridized carbons (Fsp3) is 0.200. The summed E-state index contributed by atoms with van der Waals surface area (Å²) < 4.78 is 3.52. The van der Waals surface area contributed by atoms with Crippen molar-refractivity contribution in [1.29, 1.82) is 0 Å². The van der Waals surface area contributed by atoms with Crippen molar-refractivity contribution in [3.63, 3.8) is 0 Å². The van der Waals surface area contributed by atoms with Gasteiger partial charge in [0.1, 0.15) is 0 Å². The molecule has 7 nitrogen and oxygen atoms in total. The average molecular weight is 428 g/mol. The van der Waals surface area contributed by atoms with Crippen LogP contribution in [0.5, 0.6) is 0 Å². The van der Waals surface area contributed by atoms with E-state index in [2.05, 4.69) is 10.2 Å². The molecular formula is C25H25N5O2. The van der Waals surface area contributed by atoms with E-state index >= 15 is 0 Å². The van der Waals surface area contributed by atoms with Crippen molar-refractivity contribution >= 4 is 11.7 Å². The van der Waals surface area contributed by atoms with Crippen molar-refractivity contribution < 1.29 is 9.59 Å². The highest BCUT2D eigenvalue weighted by molar-refractivity contribution is 6.43. The largest absolute Gasteiger partial charge is 0.334 e. The molecule has 0 aliphatic heterocycles. The van der Waals surface area contributed by atoms with Crippen LogP contribution in [0, 0.1) is 13.8 Å². The van der Waals surface area contributed by atoms with Crippen molar-refractivity contribution in [3.05, 3.63) is 101 Å². The minimum Gasteiger partial charge on any atom is -0.334 e. The normalized spacial score (nSPS) is 10.8. The van der Waals surface area contributed by atoms with Gasteiger partial charge in [0, 0.05) is 25.4 Å². The number of nitrogens with zero attached hydrogens (tertiary/aromatic N) is 5. The molecule has 1 amide bonds. The van der Waals surface area contributed by atoms with E-state index in [1.54, 1.807) is 31.8 Å². The Bertz CT molecular complexity index is 1240. The summed E-state index contributed by atoms with van der Waals surface area (Å²) in [4.78, 5) is 27.4. The molecule has 0 saturated heterocycles. The van der Waals surface area contributed by atoms with E-state index in [0.717, 1.165) is 16.8 Å². The first-order valence-electron chi connectivity index (χ1n) is 10.4. The molecule has 32 heavy (non-hydrogen) atoms. The SMILES string of the molecule is Cc1nn(-c2ccccc2)c(C)c1C(=O)C(=O)N(C)Cc1cnn(Cc2ccccc2)c1. The number of ketones is 1. The number of aromatic nitrogens is 4. The lowest BCUT2D eigenvalue weighted by Crippen LogP contribution is -2.33. The zero-order chi connectivity index (χ0) is 22.7. The van der Waals surface area contributed by atoms with E-state index in [9.17, 15) is 9.59 Å². The first kappa shape index (κ1) is 21.2. The molecule has 2 aromatic heterocycles. The second-order valence-electron chi connectivity index (χ2n) is 7.82. The number of Topliss-reactive ketones (excluding diaryl/α,β-unsaturated/α-hetero) is 1. The van der Waals surface area contributed by atoms with Gasteiger partial charge in [-0.25, -0.2) is 4.68 Å². The number of carbonyl (C=O) groups excluding carboxylic acids is 2. The lowest BCUT2D eigenvalue weighted by Gasteiger charge is -2.15. The average Bonchev–Trinajstić information content (AvgIpc) is 3.36. The lowest BCUT2D eigenvalue weighted by atomic mass is 10.1. The van der Waals surface area contributed by atoms with Crippen LogP contribution in [-0.4, -0.2) is 43.2 Å². The Morgan fingerprint density at radius 1 is 0.938 bits per heavy atom. The topological polar surface area (TPSA) is 73.0 Å². The molecule has 0 saturated carbocycles. The molecule has 0 N–H and O–H groups in total. The molecule has 7 heteroatoms. The highest BCUT2D eigenvalue weighted by Crippen LogP contribution is 2.19. The molecule has 0 bridgehead atoms. The van der Waals surface area contributed by atoms with Gasteiger partial charge >= 0.3 is 0 Å². The number of likely N-dealkylation sites (N-methyl/N-ethyl adjacent to an activating group) is 1. The molecule has 4 aromatic rings. The third-order valence-electron chi connectivity index (χ3n) is 5.35. The molecule has 0 fully saturated rings. The highest BCUT2D eigenvalue weighted by Gasteiger charge is 2.27. The van der Waals surface area contributed by atoms with Crippen LogP contribution in [0.4, 0.5) is 0 Å². The van der Waals surface area contributed by atoms with Crippen LogP contribution in [0.2, 0.25) is 0 Å². The van der Waals surface area contributed by atoms with Gasteiger partial charge in [0.15, 0.2) is 0 Å². The van der Waals surface area contributed by atoms with Crippen molar-refractivity contribution in [3.8, 4) is 5.69 Å². The molecule has 0 aliphatic rings. The zero-order valence-corrected chi connectivity index (χ0v) is 18.4. The molecule has 0 radical (unpaired) electrons. The zero-order valence-electron chi connectivity index (χ0n) is 18.4. The van der Waals surface area contributed by atoms with Gasteiger partial charge in [-0.15, -0.1) is 0 Å². The second-order valence-corrected chi connectivity index (χ2v) is 7.82. The Balaban J connectivity index is 1.47. The maximum atomic E-state index is 13.0. The number of hydrogen-bond donors (Lipinski definition) is 0. The van der Waals surface area contributed by atoms with E-state index in [-0.39, 0.29) is 0 Å². The minimum absolute atomic E-state index is 0.296. The number of amides is 1. The Labute approximate surface area is 186 Å². The van der Waals surface area contributed by atoms with Gasteiger partial charge in [0.2, 0.25) is 0 Å². The smallest absolute Gasteiger partial charge is 0.295 e. The number of carbonyl (C=O) groups is 2. The maximum absolute atomic E-state index is 13.0. The fourth-order valence-electron chi connectivity index (χ4n) is 3.76. The van der Waals surface area contributed by atoms with E-state index in [1.165, 1.54) is 4.90 Å². The van der Waals surface area contributed by atoms with E-state index in [4.69, 9.17) is 0 Å². The number of aryl methyl sites for hydroxylation is 1. The van der Waals surface area contributed by atoms with E-state index in [0.29, 0.717) is 30.0 Å². The van der Waals surface area contributed by atoms with Crippen molar-refractivity contribution in [1.82, 2.24) is 24.5 Å². The summed E-state index contributed by atoms with van der Waals surface area (Å²) >= 11 is 0. The maximum Gasteiger partial charge on any atom is 0.295 e. The summed E-state index contributed by atoms with van der Waals surface area (Å²) in [7, 11) is 1.63. The third-order valence-corrected chi connectivity index (χ3v) is 5.35. The van der Waals surface area contributed by atoms with E-state index in [1.807, 2.05) is 71.5 Å². The summed E-state index contributed by atoms with van der Waals surface area (Å²) in [6.45, 7) is 4.50. The summed E-state index contributed by atoms with van der Waals surface area (Å²) in [5.41, 5.74) is 4.38. The molecule has 0 aliphatic carbocycles. The van der Waals surface area contributed by atoms with Crippen LogP contribution in [0.1, 0.15) is 32.9 Å². The van der Waals surface area contributed by atoms with Crippen molar-refractivity contribution in [2.24, 2.45) is 0 Å². The third kappa shape index (κ3) is 4.37. The Hall–Kier alpha value is -4.00. The van der Waals surface area contributed by atoms with Gasteiger partial charge in [0.25, 0.3) is 11.7 Å². The predicted octanol–water partition coefficient (Wildman–Crippen LogP) is 3.58. The molecule has 2 aromatic carbocycles. The van der Waals surface area contributed by atoms with Gasteiger partial charge in [-0.3, -0.25) is 14.3 Å². The first-order valence-corrected chi connectivity index (χ1v) is 10.4. The number of rotatable bonds is 7. The molecule has 0 spiro atoms. The number of para-hydroxylation sites is 1. The van der Waals surface area contributed by atoms with Crippen LogP contribution in [0.15, 0.2) is 73.1 Å². The summed E-state index contributed by atoms with van der Waals surface area (Å²) in [6, 6.07) is 19.6. The van der Waals surface area contributed by atoms with Crippen LogP contribution in [-0.2, 0) is 17.9 Å². The Morgan fingerprint density at radius 2 is 1.59 bits per heavy atom. The number of benzene rings is 2. The quantitative estimate of drug-likeness (QED) is 0.334. The van der Waals surface area contributed by atoms with E-state index < -0.39 is 11.7 Å². The standard InChI is InChI=1S/C25H25N5O2/c1-18-23(19(2)30(27-18)22-12-8-5-9-13-22)24(31)25(32)28(3)15-21-14-26-29(17-21)16-20-10-6-4-7-11-20/h4-14,17H,15-16H2,1-3H3.